The van der Waals surface area contributed by atoms with Gasteiger partial charge in [0.15, 0.2) is 0 Å². The lowest BCUT2D eigenvalue weighted by Crippen LogP contribution is -2.36. The Bertz CT molecular complexity index is 1120. The number of methoxy groups -OCH3 is 1. The Morgan fingerprint density at radius 3 is 2.58 bits per heavy atom. The van der Waals surface area contributed by atoms with Crippen molar-refractivity contribution in [2.75, 3.05) is 24.0 Å². The van der Waals surface area contributed by atoms with Gasteiger partial charge in [0, 0.05) is 23.1 Å². The molecule has 0 saturated carbocycles. The third kappa shape index (κ3) is 5.64. The second kappa shape index (κ2) is 10.4. The molecule has 0 bridgehead atoms. The summed E-state index contributed by atoms with van der Waals surface area (Å²) in [5.41, 5.74) is 8.08. The third-order valence-electron chi connectivity index (χ3n) is 5.38. The van der Waals surface area contributed by atoms with Crippen molar-refractivity contribution in [3.05, 3.63) is 82.8 Å². The van der Waals surface area contributed by atoms with Gasteiger partial charge >= 0.3 is 0 Å². The number of benzene rings is 3. The van der Waals surface area contributed by atoms with Crippen LogP contribution in [0.3, 0.4) is 0 Å². The zero-order valence-corrected chi connectivity index (χ0v) is 19.7. The van der Waals surface area contributed by atoms with Crippen molar-refractivity contribution in [3.8, 4) is 11.5 Å². The minimum atomic E-state index is -0.465. The molecule has 4 rings (SSSR count). The fraction of sp³-hybridized carbons (Fsp3) is 0.200. The summed E-state index contributed by atoms with van der Waals surface area (Å²) in [6.45, 7) is 0.716. The van der Waals surface area contributed by atoms with Crippen molar-refractivity contribution in [3.63, 3.8) is 0 Å². The lowest BCUT2D eigenvalue weighted by molar-refractivity contribution is -0.125. The number of nitrogens with zero attached hydrogens (tertiary/aromatic N) is 1. The van der Waals surface area contributed by atoms with Crippen LogP contribution in [0.5, 0.6) is 11.5 Å². The van der Waals surface area contributed by atoms with Gasteiger partial charge in [-0.25, -0.2) is 0 Å². The molecule has 0 unspecified atom stereocenters. The first-order valence-electron chi connectivity index (χ1n) is 10.5. The number of rotatable bonds is 8. The van der Waals surface area contributed by atoms with Gasteiger partial charge < -0.3 is 14.4 Å². The van der Waals surface area contributed by atoms with Crippen LogP contribution < -0.4 is 25.2 Å². The van der Waals surface area contributed by atoms with Crippen molar-refractivity contribution in [2.24, 2.45) is 5.92 Å². The molecule has 0 aliphatic carbocycles. The summed E-state index contributed by atoms with van der Waals surface area (Å²) in [7, 11) is 1.59. The fourth-order valence-electron chi connectivity index (χ4n) is 3.59. The molecule has 2 amide bonds. The zero-order chi connectivity index (χ0) is 23.2. The number of hydrazine groups is 1. The first kappa shape index (κ1) is 22.7. The van der Waals surface area contributed by atoms with Crippen LogP contribution >= 0.6 is 15.9 Å². The highest BCUT2D eigenvalue weighted by atomic mass is 79.9. The molecule has 0 aromatic heterocycles. The molecule has 1 aliphatic rings. The summed E-state index contributed by atoms with van der Waals surface area (Å²) in [5.74, 6) is 0.504. The van der Waals surface area contributed by atoms with E-state index in [1.807, 2.05) is 60.7 Å². The molecule has 1 aliphatic heterocycles. The Morgan fingerprint density at radius 1 is 1.09 bits per heavy atom. The highest BCUT2D eigenvalue weighted by Gasteiger charge is 2.35. The quantitative estimate of drug-likeness (QED) is 0.436. The number of ether oxygens (including phenoxy) is 2. The van der Waals surface area contributed by atoms with Crippen LogP contribution in [-0.2, 0) is 16.2 Å². The molecular weight excluding hydrogens is 486 g/mol. The molecule has 0 spiro atoms. The van der Waals surface area contributed by atoms with Crippen molar-refractivity contribution in [1.29, 1.82) is 0 Å². The Labute approximate surface area is 200 Å². The molecular formula is C25H24BrN3O4. The Kier molecular flexibility index (Phi) is 7.14. The monoisotopic (exact) mass is 509 g/mol. The predicted octanol–water partition coefficient (Wildman–Crippen LogP) is 4.53. The molecule has 1 heterocycles. The average molecular weight is 510 g/mol. The highest BCUT2D eigenvalue weighted by molar-refractivity contribution is 9.10. The van der Waals surface area contributed by atoms with Gasteiger partial charge in [-0.1, -0.05) is 46.3 Å². The first-order chi connectivity index (χ1) is 16.0. The zero-order valence-electron chi connectivity index (χ0n) is 18.1. The van der Waals surface area contributed by atoms with Crippen LogP contribution in [0.1, 0.15) is 12.0 Å². The van der Waals surface area contributed by atoms with Crippen molar-refractivity contribution in [1.82, 2.24) is 5.43 Å². The van der Waals surface area contributed by atoms with Crippen LogP contribution in [-0.4, -0.2) is 25.5 Å². The van der Waals surface area contributed by atoms with Crippen molar-refractivity contribution >= 4 is 39.1 Å². The number of anilines is 2. The molecule has 8 heteroatoms. The van der Waals surface area contributed by atoms with Crippen LogP contribution in [0.25, 0.3) is 0 Å². The minimum absolute atomic E-state index is 0.0883. The molecule has 7 nitrogen and oxygen atoms in total. The summed E-state index contributed by atoms with van der Waals surface area (Å²) >= 11 is 3.45. The number of hydrogen-bond acceptors (Lipinski definition) is 5. The maximum absolute atomic E-state index is 12.8. The number of nitrogens with one attached hydrogen (secondary N) is 2. The fourth-order valence-corrected chi connectivity index (χ4v) is 3.95. The van der Waals surface area contributed by atoms with Gasteiger partial charge in [0.25, 0.3) is 0 Å². The number of amides is 2. The largest absolute Gasteiger partial charge is 0.497 e. The summed E-state index contributed by atoms with van der Waals surface area (Å²) in [5, 5.41) is 0. The molecule has 3 aromatic carbocycles. The van der Waals surface area contributed by atoms with Crippen LogP contribution in [0, 0.1) is 5.92 Å². The van der Waals surface area contributed by atoms with Gasteiger partial charge in [0.2, 0.25) is 11.8 Å². The third-order valence-corrected chi connectivity index (χ3v) is 5.87. The van der Waals surface area contributed by atoms with E-state index >= 15 is 0 Å². The molecule has 0 radical (unpaired) electrons. The molecule has 170 valence electrons. The highest BCUT2D eigenvalue weighted by Crippen LogP contribution is 2.30. The summed E-state index contributed by atoms with van der Waals surface area (Å²) in [4.78, 5) is 26.9. The second-order valence-electron chi connectivity index (χ2n) is 7.63. The topological polar surface area (TPSA) is 79.9 Å². The molecule has 1 saturated heterocycles. The predicted molar refractivity (Wildman–Crippen MR) is 130 cm³/mol. The maximum Gasteiger partial charge on any atom is 0.243 e. The van der Waals surface area contributed by atoms with E-state index in [4.69, 9.17) is 9.47 Å². The lowest BCUT2D eigenvalue weighted by Gasteiger charge is -2.18. The first-order valence-corrected chi connectivity index (χ1v) is 11.3. The lowest BCUT2D eigenvalue weighted by atomic mass is 10.1. The SMILES string of the molecule is COc1ccc(N2C[C@H](C(=O)NNc3cc(Br)ccc3OCc3ccccc3)CC2=O)cc1. The van der Waals surface area contributed by atoms with E-state index in [9.17, 15) is 9.59 Å². The molecule has 1 fully saturated rings. The van der Waals surface area contributed by atoms with E-state index < -0.39 is 5.92 Å². The van der Waals surface area contributed by atoms with Crippen LogP contribution in [0.4, 0.5) is 11.4 Å². The summed E-state index contributed by atoms with van der Waals surface area (Å²) in [6.07, 6.45) is 0.148. The van der Waals surface area contributed by atoms with Gasteiger partial charge in [0.05, 0.1) is 18.7 Å². The number of hydrogen-bond donors (Lipinski definition) is 2. The van der Waals surface area contributed by atoms with E-state index in [1.54, 1.807) is 24.1 Å². The number of carbonyl (C=O) groups is 2. The molecule has 1 atom stereocenters. The molecule has 2 N–H and O–H groups in total. The normalized spacial score (nSPS) is 15.3. The Balaban J connectivity index is 1.37. The van der Waals surface area contributed by atoms with Crippen LogP contribution in [0.2, 0.25) is 0 Å². The Hall–Kier alpha value is -3.52. The number of carbonyl (C=O) groups excluding carboxylic acids is 2. The van der Waals surface area contributed by atoms with E-state index in [0.29, 0.717) is 30.3 Å². The second-order valence-corrected chi connectivity index (χ2v) is 8.55. The number of halogens is 1. The van der Waals surface area contributed by atoms with E-state index in [2.05, 4.69) is 26.8 Å². The molecule has 3 aromatic rings. The maximum atomic E-state index is 12.8. The van der Waals surface area contributed by atoms with Crippen molar-refractivity contribution in [2.45, 2.75) is 13.0 Å². The van der Waals surface area contributed by atoms with Gasteiger partial charge in [-0.3, -0.25) is 20.4 Å². The van der Waals surface area contributed by atoms with Gasteiger partial charge in [-0.05, 0) is 48.0 Å². The van der Waals surface area contributed by atoms with E-state index in [0.717, 1.165) is 15.7 Å². The van der Waals surface area contributed by atoms with E-state index in [1.165, 1.54) is 0 Å². The van der Waals surface area contributed by atoms with Crippen molar-refractivity contribution < 1.29 is 19.1 Å². The average Bonchev–Trinajstić information content (AvgIpc) is 3.24. The van der Waals surface area contributed by atoms with Gasteiger partial charge in [0.1, 0.15) is 18.1 Å². The minimum Gasteiger partial charge on any atom is -0.497 e. The smallest absolute Gasteiger partial charge is 0.243 e. The molecule has 33 heavy (non-hydrogen) atoms. The van der Waals surface area contributed by atoms with Crippen LogP contribution in [0.15, 0.2) is 77.3 Å². The summed E-state index contributed by atoms with van der Waals surface area (Å²) in [6, 6.07) is 22.6. The van der Waals surface area contributed by atoms with E-state index in [-0.39, 0.29) is 18.2 Å². The standard InChI is InChI=1S/C25H24BrN3O4/c1-32-21-10-8-20(9-11-21)29-15-18(13-24(29)30)25(31)28-27-22-14-19(26)7-12-23(22)33-16-17-5-3-2-4-6-17/h2-12,14,18,27H,13,15-16H2,1H3,(H,28,31)/t18-/m1/s1. The van der Waals surface area contributed by atoms with Gasteiger partial charge in [-0.2, -0.15) is 0 Å². The van der Waals surface area contributed by atoms with Gasteiger partial charge in [-0.15, -0.1) is 0 Å². The Morgan fingerprint density at radius 2 is 1.85 bits per heavy atom. The summed E-state index contributed by atoms with van der Waals surface area (Å²) < 4.78 is 11.9.